The highest BCUT2D eigenvalue weighted by Crippen LogP contribution is 2.07. The van der Waals surface area contributed by atoms with Gasteiger partial charge in [-0.15, -0.1) is 0 Å². The summed E-state index contributed by atoms with van der Waals surface area (Å²) in [5, 5.41) is 8.37. The average molecular weight is 197 g/mol. The molecule has 4 nitrogen and oxygen atoms in total. The Labute approximate surface area is 85.7 Å². The van der Waals surface area contributed by atoms with Gasteiger partial charge in [-0.25, -0.2) is 0 Å². The van der Waals surface area contributed by atoms with Crippen molar-refractivity contribution < 1.29 is 4.79 Å². The summed E-state index contributed by atoms with van der Waals surface area (Å²) in [5.41, 5.74) is 5.77. The molecule has 80 valence electrons. The van der Waals surface area contributed by atoms with Crippen LogP contribution in [-0.4, -0.2) is 30.4 Å². The number of nitrogens with two attached hydrogens (primary N) is 1. The van der Waals surface area contributed by atoms with Crippen LogP contribution in [0.25, 0.3) is 0 Å². The van der Waals surface area contributed by atoms with Gasteiger partial charge in [0.1, 0.15) is 0 Å². The van der Waals surface area contributed by atoms with Crippen LogP contribution in [0.1, 0.15) is 26.7 Å². The van der Waals surface area contributed by atoms with Crippen LogP contribution in [0.5, 0.6) is 0 Å². The smallest absolute Gasteiger partial charge is 0.239 e. The third-order valence-corrected chi connectivity index (χ3v) is 2.48. The van der Waals surface area contributed by atoms with Gasteiger partial charge in [0.2, 0.25) is 5.91 Å². The normalized spacial score (nSPS) is 14.2. The zero-order chi connectivity index (χ0) is 11.1. The molecule has 0 rings (SSSR count). The van der Waals surface area contributed by atoms with E-state index in [9.17, 15) is 4.79 Å². The lowest BCUT2D eigenvalue weighted by atomic mass is 9.99. The Kier molecular flexibility index (Phi) is 5.89. The highest BCUT2D eigenvalue weighted by molar-refractivity contribution is 5.81. The average Bonchev–Trinajstić information content (AvgIpc) is 2.22. The summed E-state index contributed by atoms with van der Waals surface area (Å²) in [6.45, 7) is 4.42. The summed E-state index contributed by atoms with van der Waals surface area (Å²) in [4.78, 5) is 13.2. The van der Waals surface area contributed by atoms with Crippen molar-refractivity contribution in [3.63, 3.8) is 0 Å². The van der Waals surface area contributed by atoms with Gasteiger partial charge in [0, 0.05) is 13.6 Å². The van der Waals surface area contributed by atoms with Gasteiger partial charge in [-0.1, -0.05) is 20.3 Å². The van der Waals surface area contributed by atoms with E-state index < -0.39 is 6.04 Å². The molecule has 0 aromatic carbocycles. The van der Waals surface area contributed by atoms with E-state index in [2.05, 4.69) is 0 Å². The van der Waals surface area contributed by atoms with E-state index in [0.29, 0.717) is 13.0 Å². The second-order valence-corrected chi connectivity index (χ2v) is 3.58. The predicted molar refractivity (Wildman–Crippen MR) is 55.3 cm³/mol. The maximum atomic E-state index is 11.6. The molecule has 0 saturated heterocycles. The Morgan fingerprint density at radius 3 is 2.64 bits per heavy atom. The van der Waals surface area contributed by atoms with Crippen LogP contribution in [0.4, 0.5) is 0 Å². The van der Waals surface area contributed by atoms with E-state index in [4.69, 9.17) is 11.0 Å². The number of nitrogens with zero attached hydrogens (tertiary/aromatic N) is 2. The molecule has 0 bridgehead atoms. The van der Waals surface area contributed by atoms with Crippen molar-refractivity contribution in [1.82, 2.24) is 4.90 Å². The molecule has 0 saturated carbocycles. The third-order valence-electron chi connectivity index (χ3n) is 2.48. The second kappa shape index (κ2) is 6.39. The SMILES string of the molecule is CC[C@H](C)[C@H](N)C(=O)N(C)CCC#N. The minimum atomic E-state index is -0.441. The number of hydrogen-bond donors (Lipinski definition) is 1. The van der Waals surface area contributed by atoms with Gasteiger partial charge in [-0.05, 0) is 5.92 Å². The molecule has 0 aliphatic heterocycles. The molecular formula is C10H19N3O. The lowest BCUT2D eigenvalue weighted by molar-refractivity contribution is -0.132. The first-order valence-electron chi connectivity index (χ1n) is 4.92. The molecule has 0 unspecified atom stereocenters. The monoisotopic (exact) mass is 197 g/mol. The van der Waals surface area contributed by atoms with Crippen LogP contribution in [0.15, 0.2) is 0 Å². The molecule has 0 radical (unpaired) electrons. The van der Waals surface area contributed by atoms with Crippen LogP contribution in [0, 0.1) is 17.2 Å². The first-order valence-corrected chi connectivity index (χ1v) is 4.92. The summed E-state index contributed by atoms with van der Waals surface area (Å²) in [5.74, 6) is 0.113. The molecule has 2 N–H and O–H groups in total. The lowest BCUT2D eigenvalue weighted by Gasteiger charge is -2.23. The highest BCUT2D eigenvalue weighted by atomic mass is 16.2. The van der Waals surface area contributed by atoms with Gasteiger partial charge in [-0.3, -0.25) is 4.79 Å². The van der Waals surface area contributed by atoms with Crippen molar-refractivity contribution in [2.24, 2.45) is 11.7 Å². The Morgan fingerprint density at radius 2 is 2.21 bits per heavy atom. The largest absolute Gasteiger partial charge is 0.343 e. The first-order chi connectivity index (χ1) is 6.54. The van der Waals surface area contributed by atoms with Gasteiger partial charge < -0.3 is 10.6 Å². The van der Waals surface area contributed by atoms with Crippen LogP contribution >= 0.6 is 0 Å². The molecule has 0 aromatic heterocycles. The fourth-order valence-corrected chi connectivity index (χ4v) is 1.08. The lowest BCUT2D eigenvalue weighted by Crippen LogP contribution is -2.45. The summed E-state index contributed by atoms with van der Waals surface area (Å²) in [6, 6.07) is 1.56. The number of rotatable bonds is 5. The number of hydrogen-bond acceptors (Lipinski definition) is 3. The van der Waals surface area contributed by atoms with E-state index in [1.54, 1.807) is 7.05 Å². The maximum absolute atomic E-state index is 11.6. The zero-order valence-electron chi connectivity index (χ0n) is 9.16. The first kappa shape index (κ1) is 12.9. The van der Waals surface area contributed by atoms with E-state index >= 15 is 0 Å². The van der Waals surface area contributed by atoms with E-state index in [1.165, 1.54) is 4.90 Å². The van der Waals surface area contributed by atoms with E-state index in [0.717, 1.165) is 6.42 Å². The summed E-state index contributed by atoms with van der Waals surface area (Å²) >= 11 is 0. The number of carbonyl (C=O) groups excluding carboxylic acids is 1. The number of likely N-dealkylation sites (N-methyl/N-ethyl adjacent to an activating group) is 1. The number of carbonyl (C=O) groups is 1. The van der Waals surface area contributed by atoms with Gasteiger partial charge in [0.05, 0.1) is 18.5 Å². The van der Waals surface area contributed by atoms with E-state index in [-0.39, 0.29) is 11.8 Å². The zero-order valence-corrected chi connectivity index (χ0v) is 9.16. The van der Waals surface area contributed by atoms with Gasteiger partial charge in [0.25, 0.3) is 0 Å². The van der Waals surface area contributed by atoms with Crippen LogP contribution < -0.4 is 5.73 Å². The van der Waals surface area contributed by atoms with Gasteiger partial charge >= 0.3 is 0 Å². The minimum Gasteiger partial charge on any atom is -0.343 e. The minimum absolute atomic E-state index is 0.0744. The predicted octanol–water partition coefficient (Wildman–Crippen LogP) is 0.732. The van der Waals surface area contributed by atoms with Crippen molar-refractivity contribution in [3.05, 3.63) is 0 Å². The quantitative estimate of drug-likeness (QED) is 0.706. The molecule has 0 spiro atoms. The topological polar surface area (TPSA) is 70.1 Å². The van der Waals surface area contributed by atoms with E-state index in [1.807, 2.05) is 19.9 Å². The molecule has 1 amide bonds. The van der Waals surface area contributed by atoms with Crippen molar-refractivity contribution in [2.45, 2.75) is 32.7 Å². The fourth-order valence-electron chi connectivity index (χ4n) is 1.08. The van der Waals surface area contributed by atoms with Crippen molar-refractivity contribution >= 4 is 5.91 Å². The second-order valence-electron chi connectivity index (χ2n) is 3.58. The maximum Gasteiger partial charge on any atom is 0.239 e. The third kappa shape index (κ3) is 3.75. The summed E-state index contributed by atoms with van der Waals surface area (Å²) in [6.07, 6.45) is 1.24. The molecule has 2 atom stereocenters. The van der Waals surface area contributed by atoms with Crippen LogP contribution in [0.3, 0.4) is 0 Å². The number of amides is 1. The molecule has 0 aliphatic carbocycles. The molecule has 4 heteroatoms. The summed E-state index contributed by atoms with van der Waals surface area (Å²) < 4.78 is 0. The molecule has 0 aromatic rings. The standard InChI is InChI=1S/C10H19N3O/c1-4-8(2)9(12)10(14)13(3)7-5-6-11/h8-9H,4-5,7,12H2,1-3H3/t8-,9-/m0/s1. The van der Waals surface area contributed by atoms with Crippen molar-refractivity contribution in [1.29, 1.82) is 5.26 Å². The summed E-state index contributed by atoms with van der Waals surface area (Å²) in [7, 11) is 1.68. The Bertz CT molecular complexity index is 222. The molecule has 0 aliphatic rings. The number of nitriles is 1. The Balaban J connectivity index is 4.11. The Morgan fingerprint density at radius 1 is 1.64 bits per heavy atom. The van der Waals surface area contributed by atoms with Crippen molar-refractivity contribution in [3.8, 4) is 6.07 Å². The van der Waals surface area contributed by atoms with Gasteiger partial charge in [0.15, 0.2) is 0 Å². The van der Waals surface area contributed by atoms with Gasteiger partial charge in [-0.2, -0.15) is 5.26 Å². The molecule has 14 heavy (non-hydrogen) atoms. The van der Waals surface area contributed by atoms with Crippen LogP contribution in [0.2, 0.25) is 0 Å². The Hall–Kier alpha value is -1.08. The molecule has 0 fully saturated rings. The fraction of sp³-hybridized carbons (Fsp3) is 0.800. The van der Waals surface area contributed by atoms with Crippen LogP contribution in [-0.2, 0) is 4.79 Å². The van der Waals surface area contributed by atoms with Crippen molar-refractivity contribution in [2.75, 3.05) is 13.6 Å². The highest BCUT2D eigenvalue weighted by Gasteiger charge is 2.22. The molecular weight excluding hydrogens is 178 g/mol. The molecule has 0 heterocycles.